The van der Waals surface area contributed by atoms with Crippen molar-refractivity contribution in [3.63, 3.8) is 0 Å². The highest BCUT2D eigenvalue weighted by Gasteiger charge is 2.08. The minimum Gasteiger partial charge on any atom is -0.395 e. The zero-order valence-electron chi connectivity index (χ0n) is 8.50. The van der Waals surface area contributed by atoms with Crippen LogP contribution in [0.3, 0.4) is 0 Å². The number of hydrogen-bond donors (Lipinski definition) is 2. The molecule has 0 aliphatic heterocycles. The number of aliphatic hydroxyl groups excluding tert-OH is 1. The maximum atomic E-state index is 12.9. The van der Waals surface area contributed by atoms with Crippen molar-refractivity contribution in [2.45, 2.75) is 25.9 Å². The van der Waals surface area contributed by atoms with Crippen molar-refractivity contribution in [1.82, 2.24) is 5.32 Å². The molecule has 1 aromatic rings. The molecule has 2 atom stereocenters. The lowest BCUT2D eigenvalue weighted by Gasteiger charge is -2.18. The number of halogens is 1. The molecule has 2 N–H and O–H groups in total. The zero-order chi connectivity index (χ0) is 10.6. The van der Waals surface area contributed by atoms with Gasteiger partial charge in [0.1, 0.15) is 5.82 Å². The summed E-state index contributed by atoms with van der Waals surface area (Å²) in [6.45, 7) is 3.91. The molecule has 1 rings (SSSR count). The fourth-order valence-corrected chi connectivity index (χ4v) is 1.35. The van der Waals surface area contributed by atoms with Crippen LogP contribution in [0.25, 0.3) is 0 Å². The second-order valence-corrected chi connectivity index (χ2v) is 3.53. The molecule has 0 spiro atoms. The molecule has 0 aliphatic carbocycles. The lowest BCUT2D eigenvalue weighted by Crippen LogP contribution is -2.31. The highest BCUT2D eigenvalue weighted by atomic mass is 19.1. The molecule has 0 aromatic heterocycles. The van der Waals surface area contributed by atoms with Crippen molar-refractivity contribution in [2.75, 3.05) is 6.61 Å². The normalized spacial score (nSPS) is 15.1. The predicted molar refractivity (Wildman–Crippen MR) is 54.5 cm³/mol. The molecule has 2 unspecified atom stereocenters. The molecule has 0 saturated carbocycles. The lowest BCUT2D eigenvalue weighted by atomic mass is 10.1. The van der Waals surface area contributed by atoms with Crippen molar-refractivity contribution in [3.8, 4) is 0 Å². The molecule has 0 heterocycles. The first-order valence-corrected chi connectivity index (χ1v) is 4.76. The summed E-state index contributed by atoms with van der Waals surface area (Å²) in [5.41, 5.74) is 0.894. The fourth-order valence-electron chi connectivity index (χ4n) is 1.35. The fraction of sp³-hybridized carbons (Fsp3) is 0.455. The van der Waals surface area contributed by atoms with E-state index in [1.807, 2.05) is 19.9 Å². The molecule has 0 fully saturated rings. The van der Waals surface area contributed by atoms with Crippen molar-refractivity contribution < 1.29 is 9.50 Å². The zero-order valence-corrected chi connectivity index (χ0v) is 8.50. The largest absolute Gasteiger partial charge is 0.395 e. The monoisotopic (exact) mass is 197 g/mol. The summed E-state index contributed by atoms with van der Waals surface area (Å²) < 4.78 is 12.9. The van der Waals surface area contributed by atoms with E-state index >= 15 is 0 Å². The third-order valence-electron chi connectivity index (χ3n) is 2.16. The lowest BCUT2D eigenvalue weighted by molar-refractivity contribution is 0.243. The van der Waals surface area contributed by atoms with E-state index in [-0.39, 0.29) is 24.5 Å². The van der Waals surface area contributed by atoms with Gasteiger partial charge >= 0.3 is 0 Å². The Balaban J connectivity index is 2.64. The molecule has 2 nitrogen and oxygen atoms in total. The number of rotatable bonds is 4. The summed E-state index contributed by atoms with van der Waals surface area (Å²) >= 11 is 0. The summed E-state index contributed by atoms with van der Waals surface area (Å²) in [6, 6.07) is 6.55. The first-order valence-electron chi connectivity index (χ1n) is 4.76. The van der Waals surface area contributed by atoms with Gasteiger partial charge in [-0.25, -0.2) is 4.39 Å². The minimum atomic E-state index is -0.229. The van der Waals surface area contributed by atoms with Gasteiger partial charge in [0.05, 0.1) is 6.61 Å². The van der Waals surface area contributed by atoms with Crippen LogP contribution in [-0.2, 0) is 0 Å². The molecule has 0 amide bonds. The van der Waals surface area contributed by atoms with E-state index in [1.165, 1.54) is 12.1 Å². The Bertz CT molecular complexity index is 290. The Morgan fingerprint density at radius 2 is 2.14 bits per heavy atom. The summed E-state index contributed by atoms with van der Waals surface area (Å²) in [4.78, 5) is 0. The van der Waals surface area contributed by atoms with E-state index in [0.717, 1.165) is 5.56 Å². The number of nitrogens with one attached hydrogen (secondary N) is 1. The van der Waals surface area contributed by atoms with Crippen molar-refractivity contribution in [1.29, 1.82) is 0 Å². The van der Waals surface area contributed by atoms with Gasteiger partial charge in [0.25, 0.3) is 0 Å². The third kappa shape index (κ3) is 3.09. The van der Waals surface area contributed by atoms with E-state index < -0.39 is 0 Å². The Morgan fingerprint density at radius 1 is 1.43 bits per heavy atom. The molecule has 3 heteroatoms. The van der Waals surface area contributed by atoms with Gasteiger partial charge in [0, 0.05) is 12.1 Å². The molecule has 0 saturated heterocycles. The molecular weight excluding hydrogens is 181 g/mol. The first kappa shape index (κ1) is 11.1. The van der Waals surface area contributed by atoms with Crippen molar-refractivity contribution >= 4 is 0 Å². The highest BCUT2D eigenvalue weighted by molar-refractivity contribution is 5.19. The Labute approximate surface area is 83.8 Å². The standard InChI is InChI=1S/C11H16FNO/c1-8(7-14)13-9(2)10-4-3-5-11(12)6-10/h3-6,8-9,13-14H,7H2,1-2H3. The SMILES string of the molecule is CC(CO)NC(C)c1cccc(F)c1. The van der Waals surface area contributed by atoms with Crippen LogP contribution in [0.1, 0.15) is 25.5 Å². The molecule has 0 aliphatic rings. The van der Waals surface area contributed by atoms with Gasteiger partial charge in [-0.05, 0) is 31.5 Å². The summed E-state index contributed by atoms with van der Waals surface area (Å²) in [6.07, 6.45) is 0. The van der Waals surface area contributed by atoms with E-state index in [9.17, 15) is 4.39 Å². The molecule has 14 heavy (non-hydrogen) atoms. The van der Waals surface area contributed by atoms with Gasteiger partial charge in [-0.3, -0.25) is 0 Å². The average molecular weight is 197 g/mol. The second kappa shape index (κ2) is 5.08. The van der Waals surface area contributed by atoms with Gasteiger partial charge in [-0.1, -0.05) is 12.1 Å². The minimum absolute atomic E-state index is 0.0215. The first-order chi connectivity index (χ1) is 6.63. The summed E-state index contributed by atoms with van der Waals surface area (Å²) in [5.74, 6) is -0.229. The summed E-state index contributed by atoms with van der Waals surface area (Å²) in [7, 11) is 0. The van der Waals surface area contributed by atoms with Crippen LogP contribution in [0, 0.1) is 5.82 Å². The van der Waals surface area contributed by atoms with E-state index in [4.69, 9.17) is 5.11 Å². The highest BCUT2D eigenvalue weighted by Crippen LogP contribution is 2.13. The van der Waals surface area contributed by atoms with Crippen LogP contribution < -0.4 is 5.32 Å². The second-order valence-electron chi connectivity index (χ2n) is 3.53. The molecular formula is C11H16FNO. The smallest absolute Gasteiger partial charge is 0.123 e. The maximum absolute atomic E-state index is 12.9. The van der Waals surface area contributed by atoms with Crippen LogP contribution in [0.4, 0.5) is 4.39 Å². The van der Waals surface area contributed by atoms with Gasteiger partial charge in [-0.2, -0.15) is 0 Å². The summed E-state index contributed by atoms with van der Waals surface area (Å²) in [5, 5.41) is 12.0. The van der Waals surface area contributed by atoms with E-state index in [1.54, 1.807) is 6.07 Å². The van der Waals surface area contributed by atoms with Crippen LogP contribution in [0.15, 0.2) is 24.3 Å². The Morgan fingerprint density at radius 3 is 2.71 bits per heavy atom. The van der Waals surface area contributed by atoms with Crippen molar-refractivity contribution in [3.05, 3.63) is 35.6 Å². The van der Waals surface area contributed by atoms with Gasteiger partial charge in [-0.15, -0.1) is 0 Å². The quantitative estimate of drug-likeness (QED) is 0.772. The van der Waals surface area contributed by atoms with Crippen LogP contribution in [0.5, 0.6) is 0 Å². The number of hydrogen-bond acceptors (Lipinski definition) is 2. The maximum Gasteiger partial charge on any atom is 0.123 e. The van der Waals surface area contributed by atoms with Crippen LogP contribution in [0.2, 0.25) is 0 Å². The third-order valence-corrected chi connectivity index (χ3v) is 2.16. The van der Waals surface area contributed by atoms with Gasteiger partial charge < -0.3 is 10.4 Å². The van der Waals surface area contributed by atoms with Crippen molar-refractivity contribution in [2.24, 2.45) is 0 Å². The van der Waals surface area contributed by atoms with Gasteiger partial charge in [0.15, 0.2) is 0 Å². The van der Waals surface area contributed by atoms with Gasteiger partial charge in [0.2, 0.25) is 0 Å². The molecule has 0 bridgehead atoms. The Kier molecular flexibility index (Phi) is 4.04. The predicted octanol–water partition coefficient (Wildman–Crippen LogP) is 1.86. The molecule has 0 radical (unpaired) electrons. The average Bonchev–Trinajstić information content (AvgIpc) is 2.17. The Hall–Kier alpha value is -0.930. The number of benzene rings is 1. The topological polar surface area (TPSA) is 32.3 Å². The van der Waals surface area contributed by atoms with Crippen LogP contribution >= 0.6 is 0 Å². The van der Waals surface area contributed by atoms with Crippen LogP contribution in [-0.4, -0.2) is 17.8 Å². The number of aliphatic hydroxyl groups is 1. The molecule has 78 valence electrons. The molecule has 1 aromatic carbocycles. The van der Waals surface area contributed by atoms with E-state index in [2.05, 4.69) is 5.32 Å². The van der Waals surface area contributed by atoms with E-state index in [0.29, 0.717) is 0 Å².